The van der Waals surface area contributed by atoms with E-state index in [2.05, 4.69) is 5.32 Å². The predicted octanol–water partition coefficient (Wildman–Crippen LogP) is 0.922. The van der Waals surface area contributed by atoms with Crippen molar-refractivity contribution in [1.82, 2.24) is 5.32 Å². The van der Waals surface area contributed by atoms with E-state index >= 15 is 0 Å². The van der Waals surface area contributed by atoms with Crippen LogP contribution in [-0.2, 0) is 11.2 Å². The zero-order valence-electron chi connectivity index (χ0n) is 9.19. The molecule has 0 aliphatic heterocycles. The maximum Gasteiger partial charge on any atom is 0.237 e. The molecular weight excluding hydrogens is 192 g/mol. The van der Waals surface area contributed by atoms with Crippen LogP contribution in [0.4, 0.5) is 0 Å². The molecule has 0 saturated carbocycles. The highest BCUT2D eigenvalue weighted by Crippen LogP contribution is 2.00. The number of amides is 1. The Hall–Kier alpha value is -1.29. The molecule has 1 atom stereocenters. The molecule has 0 saturated heterocycles. The van der Waals surface area contributed by atoms with Gasteiger partial charge in [0, 0.05) is 13.0 Å². The summed E-state index contributed by atoms with van der Waals surface area (Å²) in [4.78, 5) is 11.4. The van der Waals surface area contributed by atoms with E-state index in [-0.39, 0.29) is 11.8 Å². The summed E-state index contributed by atoms with van der Waals surface area (Å²) in [6, 6.07) is 3.28. The lowest BCUT2D eigenvalue weighted by molar-refractivity contribution is -0.123. The van der Waals surface area contributed by atoms with Crippen LogP contribution in [0.1, 0.15) is 19.6 Å². The number of furan rings is 1. The zero-order valence-corrected chi connectivity index (χ0v) is 9.19. The first-order chi connectivity index (χ1) is 7.11. The van der Waals surface area contributed by atoms with Gasteiger partial charge < -0.3 is 15.5 Å². The Morgan fingerprint density at radius 2 is 2.33 bits per heavy atom. The lowest BCUT2D eigenvalue weighted by Crippen LogP contribution is -2.44. The van der Waals surface area contributed by atoms with Crippen LogP contribution < -0.4 is 11.1 Å². The Morgan fingerprint density at radius 3 is 2.87 bits per heavy atom. The number of hydrogen-bond donors (Lipinski definition) is 2. The molecule has 0 radical (unpaired) electrons. The van der Waals surface area contributed by atoms with Crippen molar-refractivity contribution in [3.8, 4) is 0 Å². The Labute approximate surface area is 89.8 Å². The van der Waals surface area contributed by atoms with Gasteiger partial charge in [0.1, 0.15) is 5.76 Å². The first-order valence-corrected chi connectivity index (χ1v) is 5.17. The number of carbonyl (C=O) groups is 1. The SMILES string of the molecule is CC(C)C(N)C(=O)NCCc1ccco1. The second kappa shape index (κ2) is 5.56. The van der Waals surface area contributed by atoms with Crippen LogP contribution in [-0.4, -0.2) is 18.5 Å². The highest BCUT2D eigenvalue weighted by atomic mass is 16.3. The van der Waals surface area contributed by atoms with Crippen LogP contribution in [0.25, 0.3) is 0 Å². The van der Waals surface area contributed by atoms with Gasteiger partial charge >= 0.3 is 0 Å². The standard InChI is InChI=1S/C11H18N2O2/c1-8(2)10(12)11(14)13-6-5-9-4-3-7-15-9/h3-4,7-8,10H,5-6,12H2,1-2H3,(H,13,14). The maximum absolute atomic E-state index is 11.4. The fourth-order valence-corrected chi connectivity index (χ4v) is 1.18. The van der Waals surface area contributed by atoms with Gasteiger partial charge in [-0.25, -0.2) is 0 Å². The molecule has 15 heavy (non-hydrogen) atoms. The topological polar surface area (TPSA) is 68.3 Å². The van der Waals surface area contributed by atoms with Crippen LogP contribution in [0, 0.1) is 5.92 Å². The highest BCUT2D eigenvalue weighted by Gasteiger charge is 2.16. The monoisotopic (exact) mass is 210 g/mol. The minimum atomic E-state index is -0.429. The van der Waals surface area contributed by atoms with Crippen molar-refractivity contribution in [2.75, 3.05) is 6.54 Å². The lowest BCUT2D eigenvalue weighted by atomic mass is 10.1. The van der Waals surface area contributed by atoms with Gasteiger partial charge in [-0.1, -0.05) is 13.8 Å². The van der Waals surface area contributed by atoms with E-state index in [1.807, 2.05) is 26.0 Å². The van der Waals surface area contributed by atoms with Crippen molar-refractivity contribution in [3.63, 3.8) is 0 Å². The van der Waals surface area contributed by atoms with Gasteiger partial charge in [-0.2, -0.15) is 0 Å². The molecule has 1 heterocycles. The van der Waals surface area contributed by atoms with Crippen molar-refractivity contribution in [3.05, 3.63) is 24.2 Å². The molecule has 1 aromatic heterocycles. The minimum absolute atomic E-state index is 0.100. The van der Waals surface area contributed by atoms with E-state index < -0.39 is 6.04 Å². The molecule has 0 aromatic carbocycles. The lowest BCUT2D eigenvalue weighted by Gasteiger charge is -2.14. The van der Waals surface area contributed by atoms with Crippen LogP contribution in [0.2, 0.25) is 0 Å². The van der Waals surface area contributed by atoms with Gasteiger partial charge in [0.25, 0.3) is 0 Å². The normalized spacial score (nSPS) is 12.8. The van der Waals surface area contributed by atoms with Crippen molar-refractivity contribution in [1.29, 1.82) is 0 Å². The van der Waals surface area contributed by atoms with Crippen LogP contribution in [0.5, 0.6) is 0 Å². The van der Waals surface area contributed by atoms with Gasteiger partial charge in [-0.05, 0) is 18.1 Å². The average Bonchev–Trinajstić information content (AvgIpc) is 2.69. The fraction of sp³-hybridized carbons (Fsp3) is 0.545. The number of rotatable bonds is 5. The van der Waals surface area contributed by atoms with Crippen molar-refractivity contribution in [2.45, 2.75) is 26.3 Å². The molecule has 84 valence electrons. The third-order valence-corrected chi connectivity index (χ3v) is 2.27. The van der Waals surface area contributed by atoms with Crippen LogP contribution in [0.3, 0.4) is 0 Å². The van der Waals surface area contributed by atoms with Crippen LogP contribution >= 0.6 is 0 Å². The Kier molecular flexibility index (Phi) is 4.37. The second-order valence-electron chi connectivity index (χ2n) is 3.89. The van der Waals surface area contributed by atoms with Crippen LogP contribution in [0.15, 0.2) is 22.8 Å². The van der Waals surface area contributed by atoms with E-state index in [4.69, 9.17) is 10.2 Å². The summed E-state index contributed by atoms with van der Waals surface area (Å²) >= 11 is 0. The third-order valence-electron chi connectivity index (χ3n) is 2.27. The summed E-state index contributed by atoms with van der Waals surface area (Å²) in [6.07, 6.45) is 2.32. The third kappa shape index (κ3) is 3.75. The molecule has 0 spiro atoms. The Balaban J connectivity index is 2.23. The van der Waals surface area contributed by atoms with E-state index in [1.165, 1.54) is 0 Å². The summed E-state index contributed by atoms with van der Waals surface area (Å²) in [5.74, 6) is 0.929. The molecule has 1 amide bonds. The number of carbonyl (C=O) groups excluding carboxylic acids is 1. The average molecular weight is 210 g/mol. The molecule has 3 N–H and O–H groups in total. The fourth-order valence-electron chi connectivity index (χ4n) is 1.18. The Bertz CT molecular complexity index is 294. The summed E-state index contributed by atoms with van der Waals surface area (Å²) in [5.41, 5.74) is 5.68. The predicted molar refractivity (Wildman–Crippen MR) is 58.2 cm³/mol. The van der Waals surface area contributed by atoms with Crippen molar-refractivity contribution >= 4 is 5.91 Å². The van der Waals surface area contributed by atoms with Gasteiger partial charge in [-0.3, -0.25) is 4.79 Å². The van der Waals surface area contributed by atoms with Gasteiger partial charge in [-0.15, -0.1) is 0 Å². The molecule has 1 rings (SSSR count). The van der Waals surface area contributed by atoms with Gasteiger partial charge in [0.05, 0.1) is 12.3 Å². The van der Waals surface area contributed by atoms with Crippen molar-refractivity contribution in [2.24, 2.45) is 11.7 Å². The number of nitrogens with one attached hydrogen (secondary N) is 1. The largest absolute Gasteiger partial charge is 0.469 e. The maximum atomic E-state index is 11.4. The summed E-state index contributed by atoms with van der Waals surface area (Å²) < 4.78 is 5.14. The molecule has 0 aliphatic carbocycles. The summed E-state index contributed by atoms with van der Waals surface area (Å²) in [5, 5.41) is 2.78. The number of nitrogens with two attached hydrogens (primary N) is 1. The van der Waals surface area contributed by atoms with E-state index in [0.717, 1.165) is 5.76 Å². The Morgan fingerprint density at radius 1 is 1.60 bits per heavy atom. The first kappa shape index (κ1) is 11.8. The molecule has 4 nitrogen and oxygen atoms in total. The van der Waals surface area contributed by atoms with Gasteiger partial charge in [0.2, 0.25) is 5.91 Å². The minimum Gasteiger partial charge on any atom is -0.469 e. The molecule has 1 aromatic rings. The molecular formula is C11H18N2O2. The number of hydrogen-bond acceptors (Lipinski definition) is 3. The summed E-state index contributed by atoms with van der Waals surface area (Å²) in [6.45, 7) is 4.42. The second-order valence-corrected chi connectivity index (χ2v) is 3.89. The first-order valence-electron chi connectivity index (χ1n) is 5.17. The quantitative estimate of drug-likeness (QED) is 0.759. The zero-order chi connectivity index (χ0) is 11.3. The summed E-state index contributed by atoms with van der Waals surface area (Å²) in [7, 11) is 0. The van der Waals surface area contributed by atoms with Crippen molar-refractivity contribution < 1.29 is 9.21 Å². The molecule has 1 unspecified atom stereocenters. The van der Waals surface area contributed by atoms with Gasteiger partial charge in [0.15, 0.2) is 0 Å². The molecule has 0 fully saturated rings. The molecule has 0 aliphatic rings. The molecule has 4 heteroatoms. The highest BCUT2D eigenvalue weighted by molar-refractivity contribution is 5.81. The molecule has 0 bridgehead atoms. The smallest absolute Gasteiger partial charge is 0.237 e. The van der Waals surface area contributed by atoms with E-state index in [0.29, 0.717) is 13.0 Å². The van der Waals surface area contributed by atoms with E-state index in [1.54, 1.807) is 6.26 Å². The van der Waals surface area contributed by atoms with E-state index in [9.17, 15) is 4.79 Å².